The second kappa shape index (κ2) is 7.92. The third kappa shape index (κ3) is 4.82. The number of nitrogens with one attached hydrogen (secondary N) is 1. The zero-order chi connectivity index (χ0) is 13.5. The van der Waals surface area contributed by atoms with Gasteiger partial charge in [-0.25, -0.2) is 0 Å². The molecule has 0 saturated carbocycles. The summed E-state index contributed by atoms with van der Waals surface area (Å²) in [5, 5.41) is 3.06. The van der Waals surface area contributed by atoms with Gasteiger partial charge in [0.1, 0.15) is 0 Å². The van der Waals surface area contributed by atoms with Crippen molar-refractivity contribution in [3.8, 4) is 0 Å². The Morgan fingerprint density at radius 2 is 2.32 bits per heavy atom. The van der Waals surface area contributed by atoms with E-state index in [0.29, 0.717) is 0 Å². The van der Waals surface area contributed by atoms with E-state index in [-0.39, 0.29) is 11.9 Å². The first-order chi connectivity index (χ1) is 9.27. The number of hydrogen-bond donors (Lipinski definition) is 1. The lowest BCUT2D eigenvalue weighted by atomic mass is 10.1. The van der Waals surface area contributed by atoms with Crippen molar-refractivity contribution in [3.05, 3.63) is 11.6 Å². The molecule has 2 rings (SSSR count). The van der Waals surface area contributed by atoms with Gasteiger partial charge >= 0.3 is 0 Å². The Kier molecular flexibility index (Phi) is 6.20. The molecule has 0 radical (unpaired) electrons. The number of nitrogens with zero attached hydrogens (tertiary/aromatic N) is 1. The maximum Gasteiger partial charge on any atom is 0.237 e. The summed E-state index contributed by atoms with van der Waals surface area (Å²) in [6.07, 6.45) is 4.10. The van der Waals surface area contributed by atoms with Crippen LogP contribution in [0, 0.1) is 0 Å². The van der Waals surface area contributed by atoms with Gasteiger partial charge in [-0.05, 0) is 19.8 Å². The average molecular weight is 284 g/mol. The fourth-order valence-corrected chi connectivity index (χ4v) is 3.35. The molecule has 0 spiro atoms. The quantitative estimate of drug-likeness (QED) is 0.772. The van der Waals surface area contributed by atoms with E-state index < -0.39 is 0 Å². The Bertz CT molecular complexity index is 327. The standard InChI is InChI=1S/C14H24N2O2S/c1-12(16-6-10-19-11-7-16)14(17)15-5-2-13-3-8-18-9-4-13/h3,12H,2,4-11H2,1H3,(H,15,17)/t12-/m0/s1. The summed E-state index contributed by atoms with van der Waals surface area (Å²) in [6, 6.07) is 0.00423. The van der Waals surface area contributed by atoms with Crippen LogP contribution in [0.3, 0.4) is 0 Å². The first kappa shape index (κ1) is 14.9. The molecule has 0 bridgehead atoms. The molecular weight excluding hydrogens is 260 g/mol. The van der Waals surface area contributed by atoms with Crippen molar-refractivity contribution in [2.75, 3.05) is 44.4 Å². The van der Waals surface area contributed by atoms with Gasteiger partial charge in [-0.3, -0.25) is 9.69 Å². The van der Waals surface area contributed by atoms with Gasteiger partial charge in [0.05, 0.1) is 19.3 Å². The highest BCUT2D eigenvalue weighted by atomic mass is 32.2. The second-order valence-corrected chi connectivity index (χ2v) is 6.28. The number of rotatable bonds is 5. The largest absolute Gasteiger partial charge is 0.377 e. The van der Waals surface area contributed by atoms with Crippen LogP contribution in [0.15, 0.2) is 11.6 Å². The number of carbonyl (C=O) groups excluding carboxylic acids is 1. The van der Waals surface area contributed by atoms with E-state index in [2.05, 4.69) is 16.3 Å². The minimum atomic E-state index is 0.00423. The molecule has 2 heterocycles. The van der Waals surface area contributed by atoms with Gasteiger partial charge < -0.3 is 10.1 Å². The highest BCUT2D eigenvalue weighted by Crippen LogP contribution is 2.13. The Hall–Kier alpha value is -0.520. The van der Waals surface area contributed by atoms with Crippen molar-refractivity contribution in [1.29, 1.82) is 0 Å². The maximum absolute atomic E-state index is 12.1. The van der Waals surface area contributed by atoms with E-state index in [1.54, 1.807) is 0 Å². The number of amides is 1. The Labute approximate surface area is 119 Å². The molecule has 1 atom stereocenters. The summed E-state index contributed by atoms with van der Waals surface area (Å²) >= 11 is 1.97. The monoisotopic (exact) mass is 284 g/mol. The number of carbonyl (C=O) groups is 1. The molecule has 108 valence electrons. The molecular formula is C14H24N2O2S. The van der Waals surface area contributed by atoms with Crippen molar-refractivity contribution < 1.29 is 9.53 Å². The molecule has 5 heteroatoms. The van der Waals surface area contributed by atoms with E-state index in [4.69, 9.17) is 4.74 Å². The average Bonchev–Trinajstić information content (AvgIpc) is 2.48. The van der Waals surface area contributed by atoms with Crippen molar-refractivity contribution in [2.45, 2.75) is 25.8 Å². The van der Waals surface area contributed by atoms with Crippen LogP contribution in [-0.2, 0) is 9.53 Å². The zero-order valence-electron chi connectivity index (χ0n) is 11.7. The minimum Gasteiger partial charge on any atom is -0.377 e. The molecule has 2 aliphatic heterocycles. The topological polar surface area (TPSA) is 41.6 Å². The predicted molar refractivity (Wildman–Crippen MR) is 79.5 cm³/mol. The number of ether oxygens (including phenoxy) is 1. The van der Waals surface area contributed by atoms with Gasteiger partial charge in [-0.15, -0.1) is 0 Å². The van der Waals surface area contributed by atoms with Gasteiger partial charge in [0.15, 0.2) is 0 Å². The summed E-state index contributed by atoms with van der Waals surface area (Å²) in [6.45, 7) is 6.37. The highest BCUT2D eigenvalue weighted by molar-refractivity contribution is 7.99. The van der Waals surface area contributed by atoms with E-state index in [9.17, 15) is 4.79 Å². The third-order valence-corrected chi connectivity index (χ3v) is 4.72. The van der Waals surface area contributed by atoms with Crippen LogP contribution in [0.1, 0.15) is 19.8 Å². The molecule has 0 aromatic carbocycles. The van der Waals surface area contributed by atoms with Crippen molar-refractivity contribution in [2.24, 2.45) is 0 Å². The van der Waals surface area contributed by atoms with Crippen molar-refractivity contribution in [3.63, 3.8) is 0 Å². The van der Waals surface area contributed by atoms with Crippen LogP contribution in [0.25, 0.3) is 0 Å². The maximum atomic E-state index is 12.1. The van der Waals surface area contributed by atoms with Crippen LogP contribution in [0.5, 0.6) is 0 Å². The molecule has 0 aliphatic carbocycles. The molecule has 2 aliphatic rings. The second-order valence-electron chi connectivity index (χ2n) is 5.05. The smallest absolute Gasteiger partial charge is 0.237 e. The fraction of sp³-hybridized carbons (Fsp3) is 0.786. The molecule has 19 heavy (non-hydrogen) atoms. The lowest BCUT2D eigenvalue weighted by Gasteiger charge is -2.31. The molecule has 0 unspecified atom stereocenters. The molecule has 4 nitrogen and oxygen atoms in total. The molecule has 1 amide bonds. The van der Waals surface area contributed by atoms with Crippen LogP contribution >= 0.6 is 11.8 Å². The molecule has 1 fully saturated rings. The van der Waals surface area contributed by atoms with E-state index >= 15 is 0 Å². The van der Waals surface area contributed by atoms with Crippen LogP contribution in [0.4, 0.5) is 0 Å². The highest BCUT2D eigenvalue weighted by Gasteiger charge is 2.22. The van der Waals surface area contributed by atoms with Crippen LogP contribution in [-0.4, -0.2) is 61.2 Å². The summed E-state index contributed by atoms with van der Waals surface area (Å²) in [5.74, 6) is 2.45. The zero-order valence-corrected chi connectivity index (χ0v) is 12.5. The van der Waals surface area contributed by atoms with Gasteiger partial charge in [0.2, 0.25) is 5.91 Å². The van der Waals surface area contributed by atoms with Gasteiger partial charge in [-0.2, -0.15) is 11.8 Å². The van der Waals surface area contributed by atoms with Crippen LogP contribution in [0.2, 0.25) is 0 Å². The first-order valence-electron chi connectivity index (χ1n) is 7.12. The molecule has 0 aromatic heterocycles. The summed E-state index contributed by atoms with van der Waals surface area (Å²) in [4.78, 5) is 14.4. The Balaban J connectivity index is 1.66. The fourth-order valence-electron chi connectivity index (χ4n) is 2.42. The minimum absolute atomic E-state index is 0.00423. The van der Waals surface area contributed by atoms with Crippen LogP contribution < -0.4 is 5.32 Å². The van der Waals surface area contributed by atoms with Gasteiger partial charge in [0, 0.05) is 31.1 Å². The summed E-state index contributed by atoms with van der Waals surface area (Å²) < 4.78 is 5.27. The van der Waals surface area contributed by atoms with Crippen molar-refractivity contribution in [1.82, 2.24) is 10.2 Å². The first-order valence-corrected chi connectivity index (χ1v) is 8.28. The molecule has 1 saturated heterocycles. The lowest BCUT2D eigenvalue weighted by Crippen LogP contribution is -2.48. The number of hydrogen-bond acceptors (Lipinski definition) is 4. The third-order valence-electron chi connectivity index (χ3n) is 3.78. The Morgan fingerprint density at radius 1 is 1.53 bits per heavy atom. The molecule has 1 N–H and O–H groups in total. The summed E-state index contributed by atoms with van der Waals surface area (Å²) in [7, 11) is 0. The lowest BCUT2D eigenvalue weighted by molar-refractivity contribution is -0.125. The van der Waals surface area contributed by atoms with Gasteiger partial charge in [0.25, 0.3) is 0 Å². The van der Waals surface area contributed by atoms with Crippen molar-refractivity contribution >= 4 is 17.7 Å². The van der Waals surface area contributed by atoms with Gasteiger partial charge in [-0.1, -0.05) is 11.6 Å². The SMILES string of the molecule is C[C@@H](C(=O)NCCC1=CCOCC1)N1CCSCC1. The van der Waals surface area contributed by atoms with E-state index in [1.165, 1.54) is 5.57 Å². The molecule has 0 aromatic rings. The van der Waals surface area contributed by atoms with E-state index in [0.717, 1.165) is 57.2 Å². The normalized spacial score (nSPS) is 22.7. The summed E-state index contributed by atoms with van der Waals surface area (Å²) in [5.41, 5.74) is 1.41. The predicted octanol–water partition coefficient (Wildman–Crippen LogP) is 1.28. The Morgan fingerprint density at radius 3 is 3.00 bits per heavy atom. The number of thioether (sulfide) groups is 1. The van der Waals surface area contributed by atoms with E-state index in [1.807, 2.05) is 18.7 Å².